The molecule has 1 heterocycles. The van der Waals surface area contributed by atoms with Crippen LogP contribution in [0.5, 0.6) is 0 Å². The summed E-state index contributed by atoms with van der Waals surface area (Å²) in [4.78, 5) is 14.6. The molecule has 1 unspecified atom stereocenters. The molecule has 0 aromatic carbocycles. The number of thioether (sulfide) groups is 1. The molecule has 1 aliphatic rings. The van der Waals surface area contributed by atoms with Crippen LogP contribution in [0.15, 0.2) is 5.16 Å². The number of halogens is 3. The van der Waals surface area contributed by atoms with Crippen molar-refractivity contribution in [3.05, 3.63) is 5.82 Å². The molecule has 1 aromatic heterocycles. The predicted molar refractivity (Wildman–Crippen MR) is 89.3 cm³/mol. The number of amides is 1. The number of hydrogen-bond donors (Lipinski definition) is 1. The van der Waals surface area contributed by atoms with E-state index in [1.165, 1.54) is 6.42 Å². The van der Waals surface area contributed by atoms with Gasteiger partial charge in [0, 0.05) is 13.1 Å². The van der Waals surface area contributed by atoms with Gasteiger partial charge in [-0.2, -0.15) is 13.2 Å². The lowest BCUT2D eigenvalue weighted by atomic mass is 9.94. The lowest BCUT2D eigenvalue weighted by Gasteiger charge is -2.34. The number of rotatable bonds is 5. The van der Waals surface area contributed by atoms with E-state index < -0.39 is 17.3 Å². The first-order valence-electron chi connectivity index (χ1n) is 8.34. The Morgan fingerprint density at radius 1 is 1.28 bits per heavy atom. The third kappa shape index (κ3) is 4.59. The molecule has 0 radical (unpaired) electrons. The predicted octanol–water partition coefficient (Wildman–Crippen LogP) is 2.92. The normalized spacial score (nSPS) is 17.7. The number of alkyl halides is 3. The minimum Gasteiger partial charge on any atom is -0.342 e. The number of carbonyl (C=O) groups excluding carboxylic acids is 1. The molecule has 25 heavy (non-hydrogen) atoms. The summed E-state index contributed by atoms with van der Waals surface area (Å²) >= 11 is 0.934. The Hall–Kier alpha value is -1.45. The lowest BCUT2D eigenvalue weighted by Crippen LogP contribution is -2.44. The van der Waals surface area contributed by atoms with E-state index in [0.29, 0.717) is 4.68 Å². The van der Waals surface area contributed by atoms with Gasteiger partial charge in [0.15, 0.2) is 0 Å². The van der Waals surface area contributed by atoms with Gasteiger partial charge in [0.25, 0.3) is 5.82 Å². The van der Waals surface area contributed by atoms with Gasteiger partial charge >= 0.3 is 6.18 Å². The summed E-state index contributed by atoms with van der Waals surface area (Å²) in [5.41, 5.74) is 0. The minimum absolute atomic E-state index is 0.0884. The van der Waals surface area contributed by atoms with Gasteiger partial charge < -0.3 is 10.7 Å². The van der Waals surface area contributed by atoms with Crippen LogP contribution in [-0.4, -0.2) is 44.0 Å². The molecule has 0 spiro atoms. The maximum absolute atomic E-state index is 12.9. The van der Waals surface area contributed by atoms with Crippen LogP contribution in [0, 0.1) is 5.92 Å². The van der Waals surface area contributed by atoms with E-state index in [2.05, 4.69) is 10.2 Å². The Labute approximate surface area is 149 Å². The van der Waals surface area contributed by atoms with Crippen molar-refractivity contribution in [1.82, 2.24) is 19.8 Å². The first-order chi connectivity index (χ1) is 11.6. The van der Waals surface area contributed by atoms with E-state index in [-0.39, 0.29) is 23.0 Å². The summed E-state index contributed by atoms with van der Waals surface area (Å²) in [5, 5.41) is 5.95. The van der Waals surface area contributed by atoms with E-state index in [4.69, 9.17) is 5.84 Å². The number of aromatic nitrogens is 3. The second-order valence-electron chi connectivity index (χ2n) is 6.70. The summed E-state index contributed by atoms with van der Waals surface area (Å²) in [5.74, 6) is 4.01. The van der Waals surface area contributed by atoms with Crippen molar-refractivity contribution in [2.24, 2.45) is 5.92 Å². The van der Waals surface area contributed by atoms with Crippen molar-refractivity contribution in [3.8, 4) is 0 Å². The lowest BCUT2D eigenvalue weighted by molar-refractivity contribution is -0.146. The van der Waals surface area contributed by atoms with Crippen molar-refractivity contribution in [1.29, 1.82) is 0 Å². The van der Waals surface area contributed by atoms with Crippen molar-refractivity contribution >= 4 is 17.7 Å². The number of hydrogen-bond acceptors (Lipinski definition) is 5. The third-order valence-corrected chi connectivity index (χ3v) is 5.96. The maximum atomic E-state index is 12.9. The van der Waals surface area contributed by atoms with Gasteiger partial charge in [-0.05, 0) is 18.8 Å². The molecule has 1 amide bonds. The molecule has 142 valence electrons. The van der Waals surface area contributed by atoms with E-state index in [1.807, 2.05) is 13.8 Å². The average molecular weight is 379 g/mol. The van der Waals surface area contributed by atoms with Crippen molar-refractivity contribution in [2.45, 2.75) is 68.6 Å². The molecular weight excluding hydrogens is 355 g/mol. The van der Waals surface area contributed by atoms with Gasteiger partial charge in [-0.25, -0.2) is 4.68 Å². The largest absolute Gasteiger partial charge is 0.453 e. The van der Waals surface area contributed by atoms with Gasteiger partial charge in [0.05, 0.1) is 5.25 Å². The van der Waals surface area contributed by atoms with E-state index in [0.717, 1.165) is 37.4 Å². The second kappa shape index (κ2) is 7.84. The summed E-state index contributed by atoms with van der Waals surface area (Å²) in [7, 11) is 1.77. The molecule has 1 atom stereocenters. The Bertz CT molecular complexity index is 598. The first-order valence-corrected chi connectivity index (χ1v) is 9.22. The van der Waals surface area contributed by atoms with Crippen LogP contribution >= 0.6 is 11.8 Å². The summed E-state index contributed by atoms with van der Waals surface area (Å²) < 4.78 is 38.8. The van der Waals surface area contributed by atoms with Gasteiger partial charge in [-0.1, -0.05) is 44.9 Å². The van der Waals surface area contributed by atoms with Crippen LogP contribution < -0.4 is 5.84 Å². The average Bonchev–Trinajstić information content (AvgIpc) is 2.92. The molecule has 0 aliphatic heterocycles. The second-order valence-corrected chi connectivity index (χ2v) is 7.81. The summed E-state index contributed by atoms with van der Waals surface area (Å²) in [6, 6.07) is 0.185. The highest BCUT2D eigenvalue weighted by Gasteiger charge is 2.39. The Balaban J connectivity index is 2.15. The number of carbonyl (C=O) groups is 1. The minimum atomic E-state index is -4.68. The molecule has 2 rings (SSSR count). The highest BCUT2D eigenvalue weighted by molar-refractivity contribution is 8.00. The van der Waals surface area contributed by atoms with Gasteiger partial charge in [-0.3, -0.25) is 4.79 Å². The molecule has 1 aliphatic carbocycles. The van der Waals surface area contributed by atoms with Gasteiger partial charge in [0.2, 0.25) is 11.1 Å². The standard InChI is InChI=1S/C15H24F3N5OS/c1-9(2)11(12(24)22(3)10-7-5-4-6-8-10)25-14-21-20-13(23(14)19)15(16,17)18/h9-11H,4-8,19H2,1-3H3. The van der Waals surface area contributed by atoms with Crippen molar-refractivity contribution in [3.63, 3.8) is 0 Å². The Morgan fingerprint density at radius 2 is 1.88 bits per heavy atom. The smallest absolute Gasteiger partial charge is 0.342 e. The molecule has 1 aromatic rings. The van der Waals surface area contributed by atoms with Crippen LogP contribution in [0.2, 0.25) is 0 Å². The van der Waals surface area contributed by atoms with Crippen LogP contribution in [0.3, 0.4) is 0 Å². The molecule has 10 heteroatoms. The van der Waals surface area contributed by atoms with E-state index in [9.17, 15) is 18.0 Å². The van der Waals surface area contributed by atoms with Crippen LogP contribution in [0.25, 0.3) is 0 Å². The molecule has 2 N–H and O–H groups in total. The Kier molecular flexibility index (Phi) is 6.23. The summed E-state index contributed by atoms with van der Waals surface area (Å²) in [6.07, 6.45) is 0.599. The van der Waals surface area contributed by atoms with Crippen LogP contribution in [0.4, 0.5) is 13.2 Å². The topological polar surface area (TPSA) is 77.0 Å². The first kappa shape index (κ1) is 19.9. The number of nitrogens with two attached hydrogens (primary N) is 1. The van der Waals surface area contributed by atoms with Gasteiger partial charge in [0.1, 0.15) is 0 Å². The maximum Gasteiger partial charge on any atom is 0.453 e. The zero-order chi connectivity index (χ0) is 18.8. The number of nitrogens with zero attached hydrogens (tertiary/aromatic N) is 4. The Morgan fingerprint density at radius 3 is 2.36 bits per heavy atom. The van der Waals surface area contributed by atoms with Crippen LogP contribution in [-0.2, 0) is 11.0 Å². The highest BCUT2D eigenvalue weighted by Crippen LogP contribution is 2.33. The monoisotopic (exact) mass is 379 g/mol. The quantitative estimate of drug-likeness (QED) is 0.629. The van der Waals surface area contributed by atoms with E-state index in [1.54, 1.807) is 11.9 Å². The fourth-order valence-corrected chi connectivity index (χ4v) is 4.04. The third-order valence-electron chi connectivity index (χ3n) is 4.47. The van der Waals surface area contributed by atoms with Crippen molar-refractivity contribution in [2.75, 3.05) is 12.9 Å². The van der Waals surface area contributed by atoms with Crippen molar-refractivity contribution < 1.29 is 18.0 Å². The number of nitrogen functional groups attached to an aromatic ring is 1. The molecule has 1 saturated carbocycles. The molecule has 6 nitrogen and oxygen atoms in total. The SMILES string of the molecule is CC(C)C(Sc1nnc(C(F)(F)F)n1N)C(=O)N(C)C1CCCCC1. The molecule has 1 fully saturated rings. The molecular formula is C15H24F3N5OS. The summed E-state index contributed by atoms with van der Waals surface area (Å²) in [6.45, 7) is 3.71. The molecule has 0 saturated heterocycles. The molecule has 0 bridgehead atoms. The fraction of sp³-hybridized carbons (Fsp3) is 0.800. The van der Waals surface area contributed by atoms with Gasteiger partial charge in [-0.15, -0.1) is 10.2 Å². The fourth-order valence-electron chi connectivity index (χ4n) is 2.98. The highest BCUT2D eigenvalue weighted by atomic mass is 32.2. The zero-order valence-corrected chi connectivity index (χ0v) is 15.4. The zero-order valence-electron chi connectivity index (χ0n) is 14.6. The van der Waals surface area contributed by atoms with Crippen LogP contribution in [0.1, 0.15) is 51.8 Å². The van der Waals surface area contributed by atoms with E-state index >= 15 is 0 Å².